The molecule has 1 aliphatic heterocycles. The zero-order valence-electron chi connectivity index (χ0n) is 19.9. The second-order valence-corrected chi connectivity index (χ2v) is 9.64. The normalized spacial score (nSPS) is 14.4. The number of halogens is 3. The number of hydrogen-bond donors (Lipinski definition) is 1. The molecule has 1 N–H and O–H groups in total. The number of pyridine rings is 1. The fourth-order valence-corrected chi connectivity index (χ4v) is 4.62. The molecular weight excluding hydrogens is 463 g/mol. The van der Waals surface area contributed by atoms with E-state index in [1.807, 2.05) is 16.7 Å². The molecule has 1 aliphatic rings. The molecule has 0 saturated carbocycles. The van der Waals surface area contributed by atoms with Crippen LogP contribution in [-0.2, 0) is 42.3 Å². The average Bonchev–Trinajstić information content (AvgIpc) is 3.31. The average molecular weight is 492 g/mol. The van der Waals surface area contributed by atoms with Crippen LogP contribution in [0.1, 0.15) is 55.8 Å². The Kier molecular flexibility index (Phi) is 6.37. The molecule has 0 fully saturated rings. The Morgan fingerprint density at radius 3 is 2.63 bits per heavy atom. The predicted molar refractivity (Wildman–Crippen MR) is 121 cm³/mol. The van der Waals surface area contributed by atoms with Crippen molar-refractivity contribution >= 4 is 22.9 Å². The second kappa shape index (κ2) is 9.01. The monoisotopic (exact) mass is 491 g/mol. The highest BCUT2D eigenvalue weighted by Gasteiger charge is 2.35. The first kappa shape index (κ1) is 24.7. The standard InChI is InChI=1S/C24H28F3N5O3/c1-23(2,22(34)35)9-4-7-20(33)31-11-8-16-17-6-5-10-28-21(17)32(18(16)14-31)13-15-12-19(24(25,26)27)30(3)29-15/h5-6,10,12H,4,7-9,11,13-14H2,1-3H3,(H,34,35). The van der Waals surface area contributed by atoms with Crippen molar-refractivity contribution < 1.29 is 27.9 Å². The quantitative estimate of drug-likeness (QED) is 0.539. The minimum atomic E-state index is -4.51. The number of amides is 1. The predicted octanol–water partition coefficient (Wildman–Crippen LogP) is 4.00. The molecule has 11 heteroatoms. The van der Waals surface area contributed by atoms with Crippen LogP contribution in [0.4, 0.5) is 13.2 Å². The van der Waals surface area contributed by atoms with Gasteiger partial charge in [-0.1, -0.05) is 0 Å². The third-order valence-electron chi connectivity index (χ3n) is 6.68. The van der Waals surface area contributed by atoms with Crippen LogP contribution in [0, 0.1) is 5.41 Å². The van der Waals surface area contributed by atoms with Gasteiger partial charge in [0.05, 0.1) is 24.2 Å². The molecule has 0 aromatic carbocycles. The van der Waals surface area contributed by atoms with Crippen molar-refractivity contribution in [1.82, 2.24) is 24.2 Å². The number of rotatable bonds is 7. The maximum absolute atomic E-state index is 13.3. The molecule has 35 heavy (non-hydrogen) atoms. The van der Waals surface area contributed by atoms with Crippen LogP contribution >= 0.6 is 0 Å². The molecule has 1 amide bonds. The number of carbonyl (C=O) groups excluding carboxylic acids is 1. The molecule has 0 bridgehead atoms. The summed E-state index contributed by atoms with van der Waals surface area (Å²) in [5, 5.41) is 14.3. The first-order valence-electron chi connectivity index (χ1n) is 11.4. The topological polar surface area (TPSA) is 93.3 Å². The van der Waals surface area contributed by atoms with E-state index < -0.39 is 23.3 Å². The van der Waals surface area contributed by atoms with Gasteiger partial charge < -0.3 is 14.6 Å². The van der Waals surface area contributed by atoms with Gasteiger partial charge in [-0.05, 0) is 56.9 Å². The first-order valence-corrected chi connectivity index (χ1v) is 11.4. The van der Waals surface area contributed by atoms with E-state index in [-0.39, 0.29) is 24.6 Å². The molecule has 0 atom stereocenters. The lowest BCUT2D eigenvalue weighted by Gasteiger charge is -2.29. The summed E-state index contributed by atoms with van der Waals surface area (Å²) in [6.07, 6.45) is -1.18. The van der Waals surface area contributed by atoms with E-state index in [1.165, 1.54) is 7.05 Å². The number of alkyl halides is 3. The van der Waals surface area contributed by atoms with Gasteiger partial charge in [0, 0.05) is 37.3 Å². The Hall–Kier alpha value is -3.37. The minimum absolute atomic E-state index is 0.0706. The summed E-state index contributed by atoms with van der Waals surface area (Å²) in [6.45, 7) is 4.21. The number of nitrogens with zero attached hydrogens (tertiary/aromatic N) is 5. The number of aliphatic carboxylic acids is 1. The van der Waals surface area contributed by atoms with Crippen molar-refractivity contribution in [2.75, 3.05) is 6.54 Å². The summed E-state index contributed by atoms with van der Waals surface area (Å²) < 4.78 is 42.5. The summed E-state index contributed by atoms with van der Waals surface area (Å²) in [6, 6.07) is 4.79. The maximum Gasteiger partial charge on any atom is 0.433 e. The van der Waals surface area contributed by atoms with Crippen LogP contribution in [0.25, 0.3) is 11.0 Å². The number of hydrogen-bond acceptors (Lipinski definition) is 4. The van der Waals surface area contributed by atoms with E-state index in [1.54, 1.807) is 24.9 Å². The molecule has 0 radical (unpaired) electrons. The van der Waals surface area contributed by atoms with E-state index in [0.717, 1.165) is 27.4 Å². The highest BCUT2D eigenvalue weighted by Crippen LogP contribution is 2.33. The minimum Gasteiger partial charge on any atom is -0.481 e. The van der Waals surface area contributed by atoms with Gasteiger partial charge in [0.25, 0.3) is 0 Å². The molecule has 4 heterocycles. The van der Waals surface area contributed by atoms with Crippen molar-refractivity contribution in [3.8, 4) is 0 Å². The lowest BCUT2D eigenvalue weighted by molar-refractivity contribution is -0.147. The third-order valence-corrected chi connectivity index (χ3v) is 6.68. The molecule has 4 rings (SSSR count). The molecule has 188 valence electrons. The third kappa shape index (κ3) is 4.89. The Morgan fingerprint density at radius 1 is 1.23 bits per heavy atom. The van der Waals surface area contributed by atoms with Crippen LogP contribution in [-0.4, -0.2) is 47.8 Å². The maximum atomic E-state index is 13.3. The highest BCUT2D eigenvalue weighted by atomic mass is 19.4. The van der Waals surface area contributed by atoms with Crippen LogP contribution in [0.2, 0.25) is 0 Å². The van der Waals surface area contributed by atoms with Gasteiger partial charge in [-0.2, -0.15) is 18.3 Å². The van der Waals surface area contributed by atoms with E-state index in [9.17, 15) is 27.9 Å². The van der Waals surface area contributed by atoms with Crippen molar-refractivity contribution in [1.29, 1.82) is 0 Å². The van der Waals surface area contributed by atoms with E-state index in [4.69, 9.17) is 0 Å². The van der Waals surface area contributed by atoms with Gasteiger partial charge in [-0.15, -0.1) is 0 Å². The van der Waals surface area contributed by atoms with Crippen molar-refractivity contribution in [3.05, 3.63) is 47.0 Å². The van der Waals surface area contributed by atoms with Crippen LogP contribution in [0.3, 0.4) is 0 Å². The summed E-state index contributed by atoms with van der Waals surface area (Å²) in [5.74, 6) is -0.966. The van der Waals surface area contributed by atoms with E-state index in [0.29, 0.717) is 38.0 Å². The molecule has 0 spiro atoms. The fraction of sp³-hybridized carbons (Fsp3) is 0.500. The number of aromatic nitrogens is 4. The Morgan fingerprint density at radius 2 is 1.97 bits per heavy atom. The van der Waals surface area contributed by atoms with Gasteiger partial charge in [-0.25, -0.2) is 4.98 Å². The van der Waals surface area contributed by atoms with E-state index in [2.05, 4.69) is 10.1 Å². The molecule has 0 unspecified atom stereocenters. The van der Waals surface area contributed by atoms with Crippen molar-refractivity contribution in [2.24, 2.45) is 12.5 Å². The van der Waals surface area contributed by atoms with Gasteiger partial charge in [0.1, 0.15) is 11.3 Å². The number of carbonyl (C=O) groups is 2. The number of fused-ring (bicyclic) bond motifs is 3. The molecule has 8 nitrogen and oxygen atoms in total. The Bertz CT molecular complexity index is 1280. The summed E-state index contributed by atoms with van der Waals surface area (Å²) in [7, 11) is 1.26. The zero-order chi connectivity index (χ0) is 25.5. The number of carboxylic acids is 1. The van der Waals surface area contributed by atoms with Crippen LogP contribution in [0.5, 0.6) is 0 Å². The summed E-state index contributed by atoms with van der Waals surface area (Å²) in [4.78, 5) is 30.4. The van der Waals surface area contributed by atoms with Gasteiger partial charge in [0.2, 0.25) is 5.91 Å². The molecule has 3 aromatic heterocycles. The molecule has 3 aromatic rings. The molecule has 0 aliphatic carbocycles. The number of aryl methyl sites for hydroxylation is 1. The molecular formula is C24H28F3N5O3. The van der Waals surface area contributed by atoms with Crippen molar-refractivity contribution in [3.63, 3.8) is 0 Å². The van der Waals surface area contributed by atoms with E-state index >= 15 is 0 Å². The Balaban J connectivity index is 1.58. The summed E-state index contributed by atoms with van der Waals surface area (Å²) in [5.41, 5.74) is 1.05. The first-order chi connectivity index (χ1) is 16.4. The van der Waals surface area contributed by atoms with Crippen molar-refractivity contribution in [2.45, 2.75) is 58.8 Å². The van der Waals surface area contributed by atoms with Crippen LogP contribution < -0.4 is 0 Å². The van der Waals surface area contributed by atoms with Gasteiger partial charge >= 0.3 is 12.1 Å². The smallest absolute Gasteiger partial charge is 0.433 e. The lowest BCUT2D eigenvalue weighted by Crippen LogP contribution is -2.36. The van der Waals surface area contributed by atoms with Gasteiger partial charge in [-0.3, -0.25) is 14.3 Å². The zero-order valence-corrected chi connectivity index (χ0v) is 19.9. The summed E-state index contributed by atoms with van der Waals surface area (Å²) >= 11 is 0. The number of carboxylic acid groups (broad SMARTS) is 1. The van der Waals surface area contributed by atoms with Crippen LogP contribution in [0.15, 0.2) is 24.4 Å². The molecule has 0 saturated heterocycles. The lowest BCUT2D eigenvalue weighted by atomic mass is 9.87. The second-order valence-electron chi connectivity index (χ2n) is 9.64. The SMILES string of the molecule is Cn1nc(Cn2c3c(c4cccnc42)CCN(C(=O)CCCC(C)(C)C(=O)O)C3)cc1C(F)(F)F. The highest BCUT2D eigenvalue weighted by molar-refractivity contribution is 5.84. The fourth-order valence-electron chi connectivity index (χ4n) is 4.62. The van der Waals surface area contributed by atoms with Gasteiger partial charge in [0.15, 0.2) is 0 Å². The Labute approximate surface area is 200 Å². The largest absolute Gasteiger partial charge is 0.481 e.